The lowest BCUT2D eigenvalue weighted by molar-refractivity contribution is 0.0903. The highest BCUT2D eigenvalue weighted by Gasteiger charge is 2.43. The number of carbonyl (C=O) groups is 1. The molecule has 2 unspecified atom stereocenters. The van der Waals surface area contributed by atoms with E-state index in [9.17, 15) is 9.00 Å². The summed E-state index contributed by atoms with van der Waals surface area (Å²) in [6, 6.07) is 5.29. The first kappa shape index (κ1) is 14.6. The maximum absolute atomic E-state index is 12.8. The van der Waals surface area contributed by atoms with Gasteiger partial charge in [0.15, 0.2) is 5.78 Å². The van der Waals surface area contributed by atoms with Crippen LogP contribution >= 0.6 is 0 Å². The molecule has 1 aromatic rings. The molecule has 114 valence electrons. The van der Waals surface area contributed by atoms with E-state index in [0.717, 1.165) is 25.7 Å². The summed E-state index contributed by atoms with van der Waals surface area (Å²) >= 11 is 0. The van der Waals surface area contributed by atoms with Gasteiger partial charge >= 0.3 is 0 Å². The molecule has 3 rings (SSSR count). The Bertz CT molecular complexity index is 568. The molecule has 0 aliphatic carbocycles. The number of Topliss-reactive ketones (excluding diaryl/α,β-unsaturated/α-hetero) is 1. The van der Waals surface area contributed by atoms with Gasteiger partial charge in [-0.1, -0.05) is 0 Å². The Morgan fingerprint density at radius 3 is 2.38 bits per heavy atom. The monoisotopic (exact) mass is 308 g/mol. The smallest absolute Gasteiger partial charge is 0.169 e. The molecule has 2 atom stereocenters. The molecule has 5 heteroatoms. The third-order valence-electron chi connectivity index (χ3n) is 4.61. The van der Waals surface area contributed by atoms with E-state index in [1.54, 1.807) is 32.4 Å². The molecule has 4 nitrogen and oxygen atoms in total. The van der Waals surface area contributed by atoms with Crippen molar-refractivity contribution in [2.45, 2.75) is 36.2 Å². The van der Waals surface area contributed by atoms with Crippen LogP contribution in [-0.4, -0.2) is 34.7 Å². The zero-order valence-corrected chi connectivity index (χ0v) is 13.2. The first-order valence-electron chi connectivity index (χ1n) is 7.29. The SMILES string of the molecule is COc1ccc(C(=O)C2CC3CCC(C2)S3=O)c(OC)c1. The predicted octanol–water partition coefficient (Wildman–Crippen LogP) is 2.58. The Labute approximate surface area is 127 Å². The lowest BCUT2D eigenvalue weighted by Gasteiger charge is -2.26. The molecule has 0 N–H and O–H groups in total. The molecule has 0 radical (unpaired) electrons. The van der Waals surface area contributed by atoms with Crippen molar-refractivity contribution in [3.8, 4) is 11.5 Å². The first-order valence-corrected chi connectivity index (χ1v) is 8.57. The molecule has 2 aliphatic heterocycles. The summed E-state index contributed by atoms with van der Waals surface area (Å²) < 4.78 is 22.6. The van der Waals surface area contributed by atoms with E-state index >= 15 is 0 Å². The lowest BCUT2D eigenvalue weighted by Crippen LogP contribution is -2.32. The fourth-order valence-electron chi connectivity index (χ4n) is 3.47. The van der Waals surface area contributed by atoms with E-state index < -0.39 is 10.8 Å². The summed E-state index contributed by atoms with van der Waals surface area (Å²) in [5, 5.41) is 0.420. The second-order valence-corrected chi connectivity index (χ2v) is 7.74. The molecule has 2 saturated heterocycles. The Kier molecular flexibility index (Phi) is 4.02. The van der Waals surface area contributed by atoms with Crippen molar-refractivity contribution in [2.75, 3.05) is 14.2 Å². The topological polar surface area (TPSA) is 52.6 Å². The van der Waals surface area contributed by atoms with E-state index in [1.165, 1.54) is 0 Å². The summed E-state index contributed by atoms with van der Waals surface area (Å²) in [6.07, 6.45) is 3.50. The van der Waals surface area contributed by atoms with Gasteiger partial charge in [0.1, 0.15) is 11.5 Å². The second kappa shape index (κ2) is 5.79. The average Bonchev–Trinajstić information content (AvgIpc) is 2.75. The summed E-state index contributed by atoms with van der Waals surface area (Å²) in [4.78, 5) is 12.8. The van der Waals surface area contributed by atoms with Crippen LogP contribution in [0.4, 0.5) is 0 Å². The van der Waals surface area contributed by atoms with E-state index in [2.05, 4.69) is 0 Å². The molecule has 0 spiro atoms. The molecule has 2 fully saturated rings. The fourth-order valence-corrected chi connectivity index (χ4v) is 5.59. The summed E-state index contributed by atoms with van der Waals surface area (Å²) in [6.45, 7) is 0. The normalized spacial score (nSPS) is 31.0. The van der Waals surface area contributed by atoms with Crippen LogP contribution in [0.25, 0.3) is 0 Å². The molecule has 2 bridgehead atoms. The molecule has 0 saturated carbocycles. The molecule has 2 aliphatic rings. The van der Waals surface area contributed by atoms with Crippen LogP contribution in [-0.2, 0) is 10.8 Å². The summed E-state index contributed by atoms with van der Waals surface area (Å²) in [5.41, 5.74) is 0.607. The molecule has 2 heterocycles. The number of carbonyl (C=O) groups excluding carboxylic acids is 1. The van der Waals surface area contributed by atoms with Gasteiger partial charge in [-0.2, -0.15) is 0 Å². The van der Waals surface area contributed by atoms with Crippen molar-refractivity contribution >= 4 is 16.6 Å². The van der Waals surface area contributed by atoms with Crippen molar-refractivity contribution in [1.29, 1.82) is 0 Å². The van der Waals surface area contributed by atoms with Crippen LogP contribution < -0.4 is 9.47 Å². The minimum atomic E-state index is -0.728. The van der Waals surface area contributed by atoms with E-state index in [4.69, 9.17) is 9.47 Å². The van der Waals surface area contributed by atoms with Gasteiger partial charge in [0.25, 0.3) is 0 Å². The molecule has 1 aromatic carbocycles. The third-order valence-corrected chi connectivity index (χ3v) is 6.78. The molecule has 0 amide bonds. The van der Waals surface area contributed by atoms with Crippen molar-refractivity contribution in [3.05, 3.63) is 23.8 Å². The van der Waals surface area contributed by atoms with Crippen molar-refractivity contribution in [2.24, 2.45) is 5.92 Å². The van der Waals surface area contributed by atoms with E-state index in [1.807, 2.05) is 0 Å². The van der Waals surface area contributed by atoms with Crippen LogP contribution in [0.1, 0.15) is 36.0 Å². The van der Waals surface area contributed by atoms with Gasteiger partial charge in [0, 0.05) is 33.3 Å². The molecular formula is C16H20O4S. The Balaban J connectivity index is 1.84. The average molecular weight is 308 g/mol. The zero-order chi connectivity index (χ0) is 15.0. The van der Waals surface area contributed by atoms with Crippen LogP contribution in [0.5, 0.6) is 11.5 Å². The number of methoxy groups -OCH3 is 2. The van der Waals surface area contributed by atoms with Crippen LogP contribution in [0.15, 0.2) is 18.2 Å². The number of ether oxygens (including phenoxy) is 2. The van der Waals surface area contributed by atoms with Gasteiger partial charge in [-0.15, -0.1) is 0 Å². The number of rotatable bonds is 4. The molecule has 0 aromatic heterocycles. The van der Waals surface area contributed by atoms with Gasteiger partial charge < -0.3 is 9.47 Å². The quantitative estimate of drug-likeness (QED) is 0.802. The van der Waals surface area contributed by atoms with Gasteiger partial charge in [-0.25, -0.2) is 0 Å². The number of benzene rings is 1. The van der Waals surface area contributed by atoms with Crippen molar-refractivity contribution < 1.29 is 18.5 Å². The van der Waals surface area contributed by atoms with Gasteiger partial charge in [0.05, 0.1) is 19.8 Å². The third kappa shape index (κ3) is 2.59. The number of hydrogen-bond acceptors (Lipinski definition) is 4. The fraction of sp³-hybridized carbons (Fsp3) is 0.562. The van der Waals surface area contributed by atoms with Crippen LogP contribution in [0.2, 0.25) is 0 Å². The highest BCUT2D eigenvalue weighted by Crippen LogP contribution is 2.40. The Morgan fingerprint density at radius 1 is 1.14 bits per heavy atom. The Hall–Kier alpha value is -1.36. The molecule has 21 heavy (non-hydrogen) atoms. The Morgan fingerprint density at radius 2 is 1.81 bits per heavy atom. The zero-order valence-electron chi connectivity index (χ0n) is 12.3. The van der Waals surface area contributed by atoms with Gasteiger partial charge in [-0.3, -0.25) is 9.00 Å². The minimum Gasteiger partial charge on any atom is -0.497 e. The predicted molar refractivity (Wildman–Crippen MR) is 81.6 cm³/mol. The standard InChI is InChI=1S/C16H20O4S/c1-19-11-3-6-14(15(9-11)20-2)16(17)10-7-12-4-5-13(8-10)21(12)18/h3,6,9-10,12-13H,4-5,7-8H2,1-2H3. The van der Waals surface area contributed by atoms with Crippen LogP contribution in [0, 0.1) is 5.92 Å². The van der Waals surface area contributed by atoms with Gasteiger partial charge in [-0.05, 0) is 37.8 Å². The van der Waals surface area contributed by atoms with E-state index in [0.29, 0.717) is 17.1 Å². The lowest BCUT2D eigenvalue weighted by atomic mass is 9.90. The first-order chi connectivity index (χ1) is 10.1. The van der Waals surface area contributed by atoms with Gasteiger partial charge in [0.2, 0.25) is 0 Å². The maximum atomic E-state index is 12.8. The summed E-state index contributed by atoms with van der Waals surface area (Å²) in [7, 11) is 2.42. The highest BCUT2D eigenvalue weighted by molar-refractivity contribution is 7.86. The summed E-state index contributed by atoms with van der Waals surface area (Å²) in [5.74, 6) is 1.32. The largest absolute Gasteiger partial charge is 0.497 e. The number of ketones is 1. The maximum Gasteiger partial charge on any atom is 0.169 e. The van der Waals surface area contributed by atoms with Crippen molar-refractivity contribution in [3.63, 3.8) is 0 Å². The molecular weight excluding hydrogens is 288 g/mol. The number of fused-ring (bicyclic) bond motifs is 2. The van der Waals surface area contributed by atoms with Crippen molar-refractivity contribution in [1.82, 2.24) is 0 Å². The van der Waals surface area contributed by atoms with Crippen LogP contribution in [0.3, 0.4) is 0 Å². The van der Waals surface area contributed by atoms with E-state index in [-0.39, 0.29) is 22.2 Å². The highest BCUT2D eigenvalue weighted by atomic mass is 32.2. The second-order valence-electron chi connectivity index (χ2n) is 5.75. The minimum absolute atomic E-state index is 0.0255. The number of hydrogen-bond donors (Lipinski definition) is 0.